The fraction of sp³-hybridized carbons (Fsp3) is 0.400. The summed E-state index contributed by atoms with van der Waals surface area (Å²) < 4.78 is 8.47. The SMILES string of the molecule is CC1OCCN1P(=[Se])(CCc1ccccc1)CCc1ccccc1. The van der Waals surface area contributed by atoms with Gasteiger partial charge in [-0.25, -0.2) is 0 Å². The average Bonchev–Trinajstić information content (AvgIpc) is 3.07. The second-order valence-electron chi connectivity index (χ2n) is 6.40. The molecule has 1 fully saturated rings. The molecule has 0 radical (unpaired) electrons. The van der Waals surface area contributed by atoms with Crippen LogP contribution in [0.5, 0.6) is 0 Å². The summed E-state index contributed by atoms with van der Waals surface area (Å²) >= 11 is 3.66. The number of ether oxygens (including phenoxy) is 1. The van der Waals surface area contributed by atoms with Gasteiger partial charge in [-0.2, -0.15) is 0 Å². The normalized spacial score (nSPS) is 18.8. The molecule has 0 aromatic heterocycles. The molecule has 128 valence electrons. The van der Waals surface area contributed by atoms with Crippen molar-refractivity contribution in [2.75, 3.05) is 25.5 Å². The van der Waals surface area contributed by atoms with Crippen LogP contribution in [0.2, 0.25) is 0 Å². The summed E-state index contributed by atoms with van der Waals surface area (Å²) in [6, 6.07) is 21.7. The molecule has 0 aliphatic carbocycles. The van der Waals surface area contributed by atoms with E-state index in [9.17, 15) is 0 Å². The van der Waals surface area contributed by atoms with Gasteiger partial charge < -0.3 is 0 Å². The third kappa shape index (κ3) is 4.69. The molecule has 4 heteroatoms. The second-order valence-corrected chi connectivity index (χ2v) is 13.8. The Morgan fingerprint density at radius 3 is 1.88 bits per heavy atom. The molecule has 2 aromatic carbocycles. The zero-order valence-corrected chi connectivity index (χ0v) is 16.9. The summed E-state index contributed by atoms with van der Waals surface area (Å²) in [5, 5.41) is 0. The average molecular weight is 406 g/mol. The van der Waals surface area contributed by atoms with Gasteiger partial charge >= 0.3 is 153 Å². The van der Waals surface area contributed by atoms with Crippen molar-refractivity contribution in [3.05, 3.63) is 71.8 Å². The Labute approximate surface area is 153 Å². The Morgan fingerprint density at radius 2 is 1.46 bits per heavy atom. The molecule has 0 spiro atoms. The Morgan fingerprint density at radius 1 is 0.958 bits per heavy atom. The van der Waals surface area contributed by atoms with Gasteiger partial charge in [-0.05, 0) is 0 Å². The first kappa shape index (κ1) is 18.1. The molecule has 0 amide bonds. The van der Waals surface area contributed by atoms with Crippen LogP contribution in [0.3, 0.4) is 0 Å². The van der Waals surface area contributed by atoms with Gasteiger partial charge in [0.05, 0.1) is 0 Å². The van der Waals surface area contributed by atoms with Crippen molar-refractivity contribution in [1.29, 1.82) is 0 Å². The van der Waals surface area contributed by atoms with E-state index in [1.54, 1.807) is 0 Å². The molecule has 3 rings (SSSR count). The number of hydrogen-bond donors (Lipinski definition) is 0. The van der Waals surface area contributed by atoms with E-state index in [1.165, 1.54) is 23.5 Å². The number of nitrogens with zero attached hydrogens (tertiary/aromatic N) is 1. The van der Waals surface area contributed by atoms with E-state index in [2.05, 4.69) is 87.4 Å². The summed E-state index contributed by atoms with van der Waals surface area (Å²) in [6.07, 6.45) is 4.96. The Hall–Kier alpha value is -0.691. The quantitative estimate of drug-likeness (QED) is 0.506. The van der Waals surface area contributed by atoms with E-state index in [0.29, 0.717) is 0 Å². The third-order valence-corrected chi connectivity index (χ3v) is 11.7. The third-order valence-electron chi connectivity index (χ3n) is 4.75. The van der Waals surface area contributed by atoms with E-state index in [0.717, 1.165) is 26.0 Å². The maximum atomic E-state index is 5.85. The van der Waals surface area contributed by atoms with Gasteiger partial charge in [0, 0.05) is 0 Å². The molecule has 1 unspecified atom stereocenters. The summed E-state index contributed by atoms with van der Waals surface area (Å²) in [5.41, 5.74) is 1.55. The summed E-state index contributed by atoms with van der Waals surface area (Å²) in [5.74, 6) is 0. The fourth-order valence-corrected chi connectivity index (χ4v) is 8.89. The molecular weight excluding hydrogens is 380 g/mol. The molecule has 0 bridgehead atoms. The second kappa shape index (κ2) is 8.61. The fourth-order valence-electron chi connectivity index (χ4n) is 3.33. The molecule has 1 heterocycles. The van der Waals surface area contributed by atoms with Crippen LogP contribution in [0.1, 0.15) is 18.1 Å². The van der Waals surface area contributed by atoms with Crippen LogP contribution in [0, 0.1) is 0 Å². The molecule has 1 saturated heterocycles. The van der Waals surface area contributed by atoms with Gasteiger partial charge in [-0.3, -0.25) is 0 Å². The monoisotopic (exact) mass is 407 g/mol. The summed E-state index contributed by atoms with van der Waals surface area (Å²) in [4.78, 5) is 0. The molecule has 24 heavy (non-hydrogen) atoms. The van der Waals surface area contributed by atoms with Gasteiger partial charge in [-0.15, -0.1) is 0 Å². The van der Waals surface area contributed by atoms with Gasteiger partial charge in [0.15, 0.2) is 0 Å². The van der Waals surface area contributed by atoms with Crippen LogP contribution in [0.15, 0.2) is 60.7 Å². The number of aryl methyl sites for hydroxylation is 2. The van der Waals surface area contributed by atoms with Gasteiger partial charge in [0.25, 0.3) is 0 Å². The predicted octanol–water partition coefficient (Wildman–Crippen LogP) is 4.17. The summed E-state index contributed by atoms with van der Waals surface area (Å²) in [7, 11) is 0. The number of rotatable bonds is 7. The van der Waals surface area contributed by atoms with Crippen molar-refractivity contribution < 1.29 is 4.74 Å². The molecule has 1 atom stereocenters. The standard InChI is InChI=1S/C20H26NOPSe/c1-18-21(14-15-22-18)23(24,16-12-19-8-4-2-5-9-19)17-13-20-10-6-3-7-11-20/h2-11,18H,12-17H2,1H3. The Bertz CT molecular complexity index is 629. The van der Waals surface area contributed by atoms with Crippen LogP contribution in [0.25, 0.3) is 0 Å². The van der Waals surface area contributed by atoms with Crippen molar-refractivity contribution >= 4 is 20.8 Å². The van der Waals surface area contributed by atoms with Gasteiger partial charge in [-0.1, -0.05) is 0 Å². The van der Waals surface area contributed by atoms with Crippen molar-refractivity contribution in [2.24, 2.45) is 0 Å². The number of hydrogen-bond acceptors (Lipinski definition) is 2. The molecule has 1 aliphatic heterocycles. The van der Waals surface area contributed by atoms with E-state index < -0.39 is 5.66 Å². The topological polar surface area (TPSA) is 12.5 Å². The minimum atomic E-state index is -1.32. The van der Waals surface area contributed by atoms with Gasteiger partial charge in [0.2, 0.25) is 0 Å². The maximum absolute atomic E-state index is 5.85. The van der Waals surface area contributed by atoms with E-state index in [1.807, 2.05) is 0 Å². The molecule has 2 nitrogen and oxygen atoms in total. The minimum absolute atomic E-state index is 0.242. The molecule has 2 aromatic rings. The van der Waals surface area contributed by atoms with Crippen LogP contribution in [-0.4, -0.2) is 51.5 Å². The van der Waals surface area contributed by atoms with Gasteiger partial charge in [0.1, 0.15) is 0 Å². The molecular formula is C20H26NOPSe. The van der Waals surface area contributed by atoms with Crippen molar-refractivity contribution in [3.63, 3.8) is 0 Å². The van der Waals surface area contributed by atoms with Crippen LogP contribution in [-0.2, 0) is 17.6 Å². The molecule has 1 aliphatic rings. The predicted molar refractivity (Wildman–Crippen MR) is 105 cm³/mol. The zero-order valence-electron chi connectivity index (χ0n) is 14.3. The Kier molecular flexibility index (Phi) is 6.49. The molecule has 0 saturated carbocycles. The Balaban J connectivity index is 1.71. The summed E-state index contributed by atoms with van der Waals surface area (Å²) in [6.45, 7) is 4.12. The van der Waals surface area contributed by atoms with E-state index >= 15 is 0 Å². The van der Waals surface area contributed by atoms with E-state index in [4.69, 9.17) is 4.74 Å². The van der Waals surface area contributed by atoms with Crippen LogP contribution in [0.4, 0.5) is 0 Å². The van der Waals surface area contributed by atoms with Crippen molar-refractivity contribution in [1.82, 2.24) is 4.67 Å². The first-order valence-corrected chi connectivity index (χ1v) is 13.0. The first-order valence-electron chi connectivity index (χ1n) is 8.72. The van der Waals surface area contributed by atoms with Crippen LogP contribution >= 0.6 is 5.66 Å². The first-order chi connectivity index (χ1) is 11.7. The number of benzene rings is 2. The van der Waals surface area contributed by atoms with Crippen molar-refractivity contribution in [2.45, 2.75) is 26.0 Å². The zero-order chi connectivity index (χ0) is 16.8. The van der Waals surface area contributed by atoms with Crippen molar-refractivity contribution in [3.8, 4) is 0 Å². The molecule has 0 N–H and O–H groups in total. The van der Waals surface area contributed by atoms with E-state index in [-0.39, 0.29) is 6.23 Å². The van der Waals surface area contributed by atoms with Crippen LogP contribution < -0.4 is 0 Å².